The van der Waals surface area contributed by atoms with E-state index in [9.17, 15) is 0 Å². The largest absolute Gasteiger partial charge is 0.497 e. The van der Waals surface area contributed by atoms with Crippen molar-refractivity contribution in [3.05, 3.63) is 36.0 Å². The third-order valence-electron chi connectivity index (χ3n) is 3.94. The summed E-state index contributed by atoms with van der Waals surface area (Å²) in [5.74, 6) is 0.846. The van der Waals surface area contributed by atoms with E-state index in [1.54, 1.807) is 7.11 Å². The Bertz CT molecular complexity index is 592. The van der Waals surface area contributed by atoms with Gasteiger partial charge in [0.2, 0.25) is 0 Å². The molecule has 1 atom stereocenters. The molecule has 2 aromatic rings. The quantitative estimate of drug-likeness (QED) is 0.586. The van der Waals surface area contributed by atoms with Gasteiger partial charge in [0, 0.05) is 18.7 Å². The van der Waals surface area contributed by atoms with Crippen molar-refractivity contribution in [2.75, 3.05) is 20.2 Å². The predicted molar refractivity (Wildman–Crippen MR) is 90.9 cm³/mol. The van der Waals surface area contributed by atoms with Crippen LogP contribution in [0.15, 0.2) is 30.3 Å². The number of piperidine rings is 1. The van der Waals surface area contributed by atoms with Crippen molar-refractivity contribution >= 4 is 12.6 Å². The van der Waals surface area contributed by atoms with Gasteiger partial charge in [0.15, 0.2) is 0 Å². The van der Waals surface area contributed by atoms with Crippen LogP contribution in [0.25, 0.3) is 11.3 Å². The van der Waals surface area contributed by atoms with E-state index in [1.165, 1.54) is 19.3 Å². The van der Waals surface area contributed by atoms with Crippen LogP contribution in [0.5, 0.6) is 5.75 Å². The number of aromatic amines is 1. The number of nitrogens with one attached hydrogen (secondary N) is 2. The Balaban J connectivity index is 1.66. The monoisotopic (exact) mass is 318 g/mol. The van der Waals surface area contributed by atoms with Crippen LogP contribution in [0, 0.1) is 0 Å². The second-order valence-corrected chi connectivity index (χ2v) is 6.03. The number of methoxy groups -OCH3 is 1. The Hall–Kier alpha value is -1.50. The Kier molecular flexibility index (Phi) is 5.02. The summed E-state index contributed by atoms with van der Waals surface area (Å²) in [6.45, 7) is 2.16. The predicted octanol–water partition coefficient (Wildman–Crippen LogP) is 3.00. The van der Waals surface area contributed by atoms with Gasteiger partial charge in [0.1, 0.15) is 11.1 Å². The number of H-pyrrole nitrogens is 1. The molecule has 0 amide bonds. The zero-order valence-corrected chi connectivity index (χ0v) is 13.6. The first-order valence-electron chi connectivity index (χ1n) is 7.65. The second kappa shape index (κ2) is 7.17. The molecule has 0 bridgehead atoms. The van der Waals surface area contributed by atoms with E-state index in [0.29, 0.717) is 0 Å². The van der Waals surface area contributed by atoms with Crippen molar-refractivity contribution in [2.45, 2.75) is 24.6 Å². The fourth-order valence-electron chi connectivity index (χ4n) is 2.65. The van der Waals surface area contributed by atoms with Gasteiger partial charge >= 0.3 is 0 Å². The highest BCUT2D eigenvalue weighted by Crippen LogP contribution is 2.24. The standard InChI is InChI=1S/C16H22N4OS/c1-21-13-7-5-12(6-8-13)14-11-15(18-17-14)16(22)19-20-9-3-2-4-10-20/h5-8,11,16,19,22H,2-4,9-10H2,1H3,(H,17,18). The van der Waals surface area contributed by atoms with Crippen molar-refractivity contribution in [1.29, 1.82) is 0 Å². The van der Waals surface area contributed by atoms with Crippen molar-refractivity contribution < 1.29 is 4.74 Å². The number of hydrogen-bond donors (Lipinski definition) is 3. The molecule has 1 fully saturated rings. The Labute approximate surface area is 136 Å². The topological polar surface area (TPSA) is 53.2 Å². The number of ether oxygens (including phenoxy) is 1. The van der Waals surface area contributed by atoms with Crippen molar-refractivity contribution in [1.82, 2.24) is 20.6 Å². The molecule has 0 aliphatic carbocycles. The molecule has 0 radical (unpaired) electrons. The third-order valence-corrected chi connectivity index (χ3v) is 4.33. The van der Waals surface area contributed by atoms with E-state index in [1.807, 2.05) is 30.3 Å². The van der Waals surface area contributed by atoms with E-state index >= 15 is 0 Å². The summed E-state index contributed by atoms with van der Waals surface area (Å²) in [6, 6.07) is 9.92. The van der Waals surface area contributed by atoms with Gasteiger partial charge in [0.25, 0.3) is 0 Å². The van der Waals surface area contributed by atoms with Crippen LogP contribution in [-0.2, 0) is 0 Å². The molecular formula is C16H22N4OS. The molecule has 1 unspecified atom stereocenters. The van der Waals surface area contributed by atoms with Gasteiger partial charge in [-0.25, -0.2) is 10.4 Å². The number of thiol groups is 1. The molecule has 5 nitrogen and oxygen atoms in total. The molecule has 0 saturated carbocycles. The van der Waals surface area contributed by atoms with Crippen molar-refractivity contribution in [2.24, 2.45) is 0 Å². The zero-order chi connectivity index (χ0) is 15.4. The Morgan fingerprint density at radius 1 is 1.23 bits per heavy atom. The summed E-state index contributed by atoms with van der Waals surface area (Å²) in [7, 11) is 1.67. The minimum atomic E-state index is -0.0717. The summed E-state index contributed by atoms with van der Waals surface area (Å²) in [4.78, 5) is 0. The normalized spacial score (nSPS) is 17.4. The van der Waals surface area contributed by atoms with Gasteiger partial charge < -0.3 is 4.74 Å². The van der Waals surface area contributed by atoms with Crippen molar-refractivity contribution in [3.63, 3.8) is 0 Å². The molecule has 6 heteroatoms. The average molecular weight is 318 g/mol. The molecular weight excluding hydrogens is 296 g/mol. The van der Waals surface area contributed by atoms with Gasteiger partial charge in [-0.1, -0.05) is 6.42 Å². The highest BCUT2D eigenvalue weighted by Gasteiger charge is 2.16. The van der Waals surface area contributed by atoms with Crippen LogP contribution in [0.3, 0.4) is 0 Å². The minimum absolute atomic E-state index is 0.0717. The highest BCUT2D eigenvalue weighted by molar-refractivity contribution is 7.80. The van der Waals surface area contributed by atoms with Crippen LogP contribution in [-0.4, -0.2) is 35.4 Å². The van der Waals surface area contributed by atoms with Gasteiger partial charge in [-0.2, -0.15) is 17.7 Å². The van der Waals surface area contributed by atoms with Crippen LogP contribution < -0.4 is 10.2 Å². The molecule has 0 spiro atoms. The number of benzene rings is 1. The molecule has 1 aliphatic rings. The smallest absolute Gasteiger partial charge is 0.118 e. The van der Waals surface area contributed by atoms with Crippen LogP contribution >= 0.6 is 12.6 Å². The summed E-state index contributed by atoms with van der Waals surface area (Å²) >= 11 is 4.64. The summed E-state index contributed by atoms with van der Waals surface area (Å²) in [6.07, 6.45) is 3.81. The Morgan fingerprint density at radius 2 is 1.95 bits per heavy atom. The second-order valence-electron chi connectivity index (χ2n) is 5.52. The molecule has 1 aromatic carbocycles. The molecule has 1 aromatic heterocycles. The molecule has 2 N–H and O–H groups in total. The maximum Gasteiger partial charge on any atom is 0.118 e. The molecule has 3 rings (SSSR count). The van der Waals surface area contributed by atoms with E-state index in [2.05, 4.69) is 33.3 Å². The van der Waals surface area contributed by atoms with Crippen LogP contribution in [0.1, 0.15) is 30.3 Å². The molecule has 1 aliphatic heterocycles. The van der Waals surface area contributed by atoms with E-state index in [0.717, 1.165) is 35.8 Å². The average Bonchev–Trinajstić information content (AvgIpc) is 3.06. The number of nitrogens with zero attached hydrogens (tertiary/aromatic N) is 2. The van der Waals surface area contributed by atoms with Gasteiger partial charge in [0.05, 0.1) is 18.5 Å². The number of hydrazine groups is 1. The molecule has 2 heterocycles. The maximum atomic E-state index is 5.18. The summed E-state index contributed by atoms with van der Waals surface area (Å²) in [5.41, 5.74) is 6.37. The first-order valence-corrected chi connectivity index (χ1v) is 8.17. The lowest BCUT2D eigenvalue weighted by Crippen LogP contribution is -2.42. The van der Waals surface area contributed by atoms with Crippen LogP contribution in [0.2, 0.25) is 0 Å². The van der Waals surface area contributed by atoms with E-state index in [4.69, 9.17) is 4.74 Å². The number of hydrogen-bond acceptors (Lipinski definition) is 5. The first-order chi connectivity index (χ1) is 10.8. The number of rotatable bonds is 5. The van der Waals surface area contributed by atoms with Crippen molar-refractivity contribution in [3.8, 4) is 17.0 Å². The fourth-order valence-corrected chi connectivity index (χ4v) is 2.95. The molecule has 118 valence electrons. The molecule has 22 heavy (non-hydrogen) atoms. The molecule has 1 saturated heterocycles. The minimum Gasteiger partial charge on any atom is -0.497 e. The van der Waals surface area contributed by atoms with Gasteiger partial charge in [-0.15, -0.1) is 0 Å². The van der Waals surface area contributed by atoms with E-state index in [-0.39, 0.29) is 5.37 Å². The van der Waals surface area contributed by atoms with E-state index < -0.39 is 0 Å². The summed E-state index contributed by atoms with van der Waals surface area (Å²) in [5, 5.41) is 9.63. The SMILES string of the molecule is COc1ccc(-c2cc(C(S)NN3CCCCC3)[nH]n2)cc1. The van der Waals surface area contributed by atoms with Gasteiger partial charge in [-0.05, 0) is 43.2 Å². The zero-order valence-electron chi connectivity index (χ0n) is 12.7. The highest BCUT2D eigenvalue weighted by atomic mass is 32.1. The lowest BCUT2D eigenvalue weighted by atomic mass is 10.1. The maximum absolute atomic E-state index is 5.18. The lowest BCUT2D eigenvalue weighted by molar-refractivity contribution is 0.148. The third kappa shape index (κ3) is 3.63. The Morgan fingerprint density at radius 3 is 2.64 bits per heavy atom. The van der Waals surface area contributed by atoms with Gasteiger partial charge in [-0.3, -0.25) is 5.10 Å². The summed E-state index contributed by atoms with van der Waals surface area (Å²) < 4.78 is 5.18. The fraction of sp³-hybridized carbons (Fsp3) is 0.438. The number of aromatic nitrogens is 2. The first kappa shape index (κ1) is 15.4. The van der Waals surface area contributed by atoms with Crippen LogP contribution in [0.4, 0.5) is 0 Å². The lowest BCUT2D eigenvalue weighted by Gasteiger charge is -2.29.